The summed E-state index contributed by atoms with van der Waals surface area (Å²) in [6.07, 6.45) is 8.42. The fourth-order valence-corrected chi connectivity index (χ4v) is 3.63. The molecule has 1 saturated heterocycles. The molecule has 1 saturated carbocycles. The van der Waals surface area contributed by atoms with E-state index in [1.54, 1.807) is 4.90 Å². The third-order valence-corrected chi connectivity index (χ3v) is 4.96. The maximum atomic E-state index is 12.1. The molecule has 0 aromatic carbocycles. The molecule has 4 heteroatoms. The molecule has 2 atom stereocenters. The minimum Gasteiger partial charge on any atom is -0.375 e. The van der Waals surface area contributed by atoms with Crippen LogP contribution in [-0.2, 0) is 9.53 Å². The lowest BCUT2D eigenvalue weighted by Gasteiger charge is -2.44. The first-order chi connectivity index (χ1) is 9.56. The Hall–Kier alpha value is -0.610. The van der Waals surface area contributed by atoms with Crippen molar-refractivity contribution in [3.63, 3.8) is 0 Å². The Bertz CT molecular complexity index is 321. The van der Waals surface area contributed by atoms with Crippen LogP contribution >= 0.6 is 0 Å². The summed E-state index contributed by atoms with van der Waals surface area (Å²) in [6.45, 7) is 5.60. The van der Waals surface area contributed by atoms with E-state index in [2.05, 4.69) is 5.32 Å². The molecule has 0 radical (unpaired) electrons. The molecule has 2 unspecified atom stereocenters. The van der Waals surface area contributed by atoms with Crippen LogP contribution in [-0.4, -0.2) is 48.7 Å². The van der Waals surface area contributed by atoms with Gasteiger partial charge in [-0.25, -0.2) is 0 Å². The number of ether oxygens (including phenoxy) is 1. The minimum absolute atomic E-state index is 0.0938. The predicted molar refractivity (Wildman–Crippen MR) is 80.7 cm³/mol. The molecule has 2 fully saturated rings. The average molecular weight is 282 g/mol. The number of hydrogen-bond acceptors (Lipinski definition) is 3. The summed E-state index contributed by atoms with van der Waals surface area (Å²) in [5.41, 5.74) is 0.105. The molecule has 4 nitrogen and oxygen atoms in total. The van der Waals surface area contributed by atoms with Crippen molar-refractivity contribution in [1.82, 2.24) is 10.2 Å². The van der Waals surface area contributed by atoms with E-state index in [1.165, 1.54) is 32.1 Å². The van der Waals surface area contributed by atoms with Crippen LogP contribution in [0.1, 0.15) is 58.8 Å². The Morgan fingerprint density at radius 2 is 2.10 bits per heavy atom. The maximum Gasteiger partial charge on any atom is 0.239 e. The zero-order chi connectivity index (χ0) is 14.6. The Morgan fingerprint density at radius 1 is 1.40 bits per heavy atom. The molecule has 0 bridgehead atoms. The highest BCUT2D eigenvalue weighted by Gasteiger charge is 2.39. The van der Waals surface area contributed by atoms with Gasteiger partial charge in [0.1, 0.15) is 0 Å². The van der Waals surface area contributed by atoms with Crippen molar-refractivity contribution in [2.45, 2.75) is 76.5 Å². The molecule has 116 valence electrons. The van der Waals surface area contributed by atoms with Crippen LogP contribution in [0, 0.1) is 0 Å². The van der Waals surface area contributed by atoms with Gasteiger partial charge in [-0.3, -0.25) is 4.79 Å². The van der Waals surface area contributed by atoms with Crippen molar-refractivity contribution < 1.29 is 9.53 Å². The number of carbonyl (C=O) groups excluding carboxylic acids is 1. The molecular weight excluding hydrogens is 252 g/mol. The van der Waals surface area contributed by atoms with Crippen molar-refractivity contribution in [2.75, 3.05) is 20.2 Å². The van der Waals surface area contributed by atoms with Crippen LogP contribution in [0.3, 0.4) is 0 Å². The number of hydrogen-bond donors (Lipinski definition) is 1. The number of rotatable bonds is 4. The lowest BCUT2D eigenvalue weighted by atomic mass is 9.78. The van der Waals surface area contributed by atoms with Gasteiger partial charge in [-0.2, -0.15) is 0 Å². The van der Waals surface area contributed by atoms with Gasteiger partial charge in [-0.15, -0.1) is 0 Å². The minimum atomic E-state index is -0.0938. The molecule has 2 rings (SSSR count). The van der Waals surface area contributed by atoms with Gasteiger partial charge in [0.05, 0.1) is 11.6 Å². The monoisotopic (exact) mass is 282 g/mol. The van der Waals surface area contributed by atoms with Crippen LogP contribution in [0.4, 0.5) is 0 Å². The van der Waals surface area contributed by atoms with Gasteiger partial charge in [0.2, 0.25) is 5.91 Å². The van der Waals surface area contributed by atoms with E-state index in [9.17, 15) is 4.79 Å². The lowest BCUT2D eigenvalue weighted by Crippen LogP contribution is -2.53. The molecule has 0 aromatic rings. The summed E-state index contributed by atoms with van der Waals surface area (Å²) in [6, 6.07) is 0.328. The second kappa shape index (κ2) is 6.90. The van der Waals surface area contributed by atoms with Crippen molar-refractivity contribution in [2.24, 2.45) is 0 Å². The quantitative estimate of drug-likeness (QED) is 0.860. The fourth-order valence-electron chi connectivity index (χ4n) is 3.63. The Kier molecular flexibility index (Phi) is 5.44. The first-order valence-electron chi connectivity index (χ1n) is 8.21. The number of amides is 1. The van der Waals surface area contributed by atoms with Crippen molar-refractivity contribution in [3.8, 4) is 0 Å². The normalized spacial score (nSPS) is 27.2. The van der Waals surface area contributed by atoms with Crippen LogP contribution in [0.15, 0.2) is 0 Å². The van der Waals surface area contributed by atoms with Gasteiger partial charge in [0.15, 0.2) is 0 Å². The molecule has 1 heterocycles. The Balaban J connectivity index is 1.87. The number of likely N-dealkylation sites (N-methyl/N-ethyl adjacent to an activating group) is 1. The SMILES string of the molecule is CCN(C)C(=O)C(C)NC1CCOC2(CCCCC2)C1. The van der Waals surface area contributed by atoms with E-state index in [0.717, 1.165) is 26.0 Å². The zero-order valence-corrected chi connectivity index (χ0v) is 13.3. The number of nitrogens with one attached hydrogen (secondary N) is 1. The maximum absolute atomic E-state index is 12.1. The molecule has 2 aliphatic rings. The number of carbonyl (C=O) groups is 1. The van der Waals surface area contributed by atoms with E-state index in [1.807, 2.05) is 20.9 Å². The Labute approximate surface area is 123 Å². The topological polar surface area (TPSA) is 41.6 Å². The molecule has 1 amide bonds. The number of nitrogens with zero attached hydrogens (tertiary/aromatic N) is 1. The van der Waals surface area contributed by atoms with Crippen molar-refractivity contribution in [1.29, 1.82) is 0 Å². The van der Waals surface area contributed by atoms with Crippen molar-refractivity contribution >= 4 is 5.91 Å². The van der Waals surface area contributed by atoms with Gasteiger partial charge >= 0.3 is 0 Å². The molecule has 1 aliphatic heterocycles. The first kappa shape index (κ1) is 15.8. The van der Waals surface area contributed by atoms with Gasteiger partial charge in [0, 0.05) is 26.2 Å². The van der Waals surface area contributed by atoms with Crippen LogP contribution in [0.2, 0.25) is 0 Å². The predicted octanol–water partition coefficient (Wildman–Crippen LogP) is 2.32. The third kappa shape index (κ3) is 3.73. The molecule has 0 aromatic heterocycles. The van der Waals surface area contributed by atoms with E-state index >= 15 is 0 Å². The van der Waals surface area contributed by atoms with Crippen molar-refractivity contribution in [3.05, 3.63) is 0 Å². The van der Waals surface area contributed by atoms with E-state index in [-0.39, 0.29) is 17.6 Å². The second-order valence-corrected chi connectivity index (χ2v) is 6.52. The second-order valence-electron chi connectivity index (χ2n) is 6.52. The van der Waals surface area contributed by atoms with Crippen LogP contribution in [0.5, 0.6) is 0 Å². The smallest absolute Gasteiger partial charge is 0.239 e. The molecule has 1 N–H and O–H groups in total. The van der Waals surface area contributed by atoms with Gasteiger partial charge < -0.3 is 15.0 Å². The summed E-state index contributed by atoms with van der Waals surface area (Å²) in [5.74, 6) is 0.191. The fraction of sp³-hybridized carbons (Fsp3) is 0.938. The summed E-state index contributed by atoms with van der Waals surface area (Å²) in [4.78, 5) is 13.9. The van der Waals surface area contributed by atoms with Gasteiger partial charge in [-0.05, 0) is 39.5 Å². The molecule has 1 aliphatic carbocycles. The summed E-state index contributed by atoms with van der Waals surface area (Å²) in [7, 11) is 1.87. The van der Waals surface area contributed by atoms with Crippen LogP contribution in [0.25, 0.3) is 0 Å². The Morgan fingerprint density at radius 3 is 2.75 bits per heavy atom. The summed E-state index contributed by atoms with van der Waals surface area (Å²) >= 11 is 0. The average Bonchev–Trinajstić information content (AvgIpc) is 2.46. The summed E-state index contributed by atoms with van der Waals surface area (Å²) in [5, 5.41) is 3.53. The van der Waals surface area contributed by atoms with E-state index in [0.29, 0.717) is 6.04 Å². The largest absolute Gasteiger partial charge is 0.375 e. The summed E-state index contributed by atoms with van der Waals surface area (Å²) < 4.78 is 6.11. The molecule has 1 spiro atoms. The highest BCUT2D eigenvalue weighted by Crippen LogP contribution is 2.38. The van der Waals surface area contributed by atoms with Crippen LogP contribution < -0.4 is 5.32 Å². The zero-order valence-electron chi connectivity index (χ0n) is 13.3. The lowest BCUT2D eigenvalue weighted by molar-refractivity contribution is -0.133. The van der Waals surface area contributed by atoms with E-state index < -0.39 is 0 Å². The molecule has 20 heavy (non-hydrogen) atoms. The highest BCUT2D eigenvalue weighted by molar-refractivity contribution is 5.81. The molecular formula is C16H30N2O2. The standard InChI is InChI=1S/C16H30N2O2/c1-4-18(3)15(19)13(2)17-14-8-11-20-16(12-14)9-6-5-7-10-16/h13-14,17H,4-12H2,1-3H3. The van der Waals surface area contributed by atoms with E-state index in [4.69, 9.17) is 4.74 Å². The highest BCUT2D eigenvalue weighted by atomic mass is 16.5. The van der Waals surface area contributed by atoms with Gasteiger partial charge in [0.25, 0.3) is 0 Å². The third-order valence-electron chi connectivity index (χ3n) is 4.96. The van der Waals surface area contributed by atoms with Gasteiger partial charge in [-0.1, -0.05) is 19.3 Å². The first-order valence-corrected chi connectivity index (χ1v) is 8.21.